The van der Waals surface area contributed by atoms with Crippen LogP contribution in [-0.4, -0.2) is 41.6 Å². The van der Waals surface area contributed by atoms with Crippen molar-refractivity contribution in [3.63, 3.8) is 0 Å². The molecule has 10 heteroatoms. The second-order valence-corrected chi connectivity index (χ2v) is 8.57. The van der Waals surface area contributed by atoms with E-state index < -0.39 is 0 Å². The van der Waals surface area contributed by atoms with E-state index in [0.29, 0.717) is 43.8 Å². The molecule has 3 aromatic carbocycles. The quantitative estimate of drug-likeness (QED) is 0.165. The van der Waals surface area contributed by atoms with Crippen molar-refractivity contribution in [1.29, 1.82) is 0 Å². The fourth-order valence-corrected chi connectivity index (χ4v) is 4.31. The smallest absolute Gasteiger partial charge is 0.266 e. The second-order valence-electron chi connectivity index (χ2n) is 7.19. The number of aromatic nitrogens is 2. The van der Waals surface area contributed by atoms with Crippen LogP contribution in [0.3, 0.4) is 0 Å². The molecule has 0 aliphatic heterocycles. The van der Waals surface area contributed by atoms with Crippen LogP contribution >= 0.6 is 23.4 Å². The number of amides is 1. The van der Waals surface area contributed by atoms with Crippen LogP contribution in [-0.2, 0) is 4.79 Å². The number of carbonyl (C=O) groups excluding carboxylic acids is 1. The molecule has 4 aromatic rings. The summed E-state index contributed by atoms with van der Waals surface area (Å²) in [5, 5.41) is 5.43. The maximum Gasteiger partial charge on any atom is 0.266 e. The van der Waals surface area contributed by atoms with Gasteiger partial charge in [-0.05, 0) is 48.5 Å². The van der Waals surface area contributed by atoms with Gasteiger partial charge in [0.15, 0.2) is 16.7 Å². The first kappa shape index (κ1) is 24.3. The van der Waals surface area contributed by atoms with Crippen LogP contribution in [0.15, 0.2) is 81.8 Å². The number of nitrogens with zero attached hydrogens (tertiary/aromatic N) is 3. The monoisotopic (exact) mass is 508 g/mol. The van der Waals surface area contributed by atoms with Crippen LogP contribution in [0.2, 0.25) is 5.02 Å². The number of benzene rings is 3. The predicted octanol–water partition coefficient (Wildman–Crippen LogP) is 4.30. The van der Waals surface area contributed by atoms with Crippen LogP contribution in [0.4, 0.5) is 0 Å². The minimum Gasteiger partial charge on any atom is -0.493 e. The molecule has 0 fully saturated rings. The molecule has 0 saturated heterocycles. The molecule has 35 heavy (non-hydrogen) atoms. The highest BCUT2D eigenvalue weighted by Crippen LogP contribution is 2.29. The fraction of sp³-hybridized carbons (Fsp3) is 0.120. The van der Waals surface area contributed by atoms with E-state index in [1.165, 1.54) is 17.9 Å². The van der Waals surface area contributed by atoms with Gasteiger partial charge < -0.3 is 9.47 Å². The number of ether oxygens (including phenoxy) is 2. The summed E-state index contributed by atoms with van der Waals surface area (Å²) in [6, 6.07) is 19.3. The summed E-state index contributed by atoms with van der Waals surface area (Å²) < 4.78 is 12.1. The lowest BCUT2D eigenvalue weighted by Gasteiger charge is -2.13. The van der Waals surface area contributed by atoms with Gasteiger partial charge in [-0.2, -0.15) is 5.10 Å². The standard InChI is InChI=1S/C25H21ClN4O4S/c1-33-21-9-5-6-16(23(21)34-2)14-27-29-22(31)15-35-25-28-20-8-4-3-7-19(20)24(32)30(25)18-12-10-17(26)11-13-18/h3-14H,15H2,1-2H3,(H,29,31)/b27-14-. The number of rotatable bonds is 8. The number of para-hydroxylation sites is 2. The molecule has 0 aliphatic carbocycles. The molecular formula is C25H21ClN4O4S. The molecule has 8 nitrogen and oxygen atoms in total. The highest BCUT2D eigenvalue weighted by Gasteiger charge is 2.15. The van der Waals surface area contributed by atoms with Gasteiger partial charge in [-0.3, -0.25) is 14.2 Å². The van der Waals surface area contributed by atoms with Gasteiger partial charge in [-0.1, -0.05) is 41.6 Å². The van der Waals surface area contributed by atoms with Crippen LogP contribution < -0.4 is 20.5 Å². The van der Waals surface area contributed by atoms with Gasteiger partial charge in [0.2, 0.25) is 0 Å². The van der Waals surface area contributed by atoms with Gasteiger partial charge in [-0.15, -0.1) is 0 Å². The number of hydrazone groups is 1. The summed E-state index contributed by atoms with van der Waals surface area (Å²) in [7, 11) is 3.07. The molecule has 0 spiro atoms. The van der Waals surface area contributed by atoms with E-state index in [2.05, 4.69) is 15.5 Å². The Morgan fingerprint density at radius 3 is 2.60 bits per heavy atom. The number of carbonyl (C=O) groups is 1. The van der Waals surface area contributed by atoms with Crippen LogP contribution in [0.1, 0.15) is 5.56 Å². The third-order valence-electron chi connectivity index (χ3n) is 4.99. The molecule has 4 rings (SSSR count). The highest BCUT2D eigenvalue weighted by molar-refractivity contribution is 7.99. The molecule has 0 radical (unpaired) electrons. The largest absolute Gasteiger partial charge is 0.493 e. The minimum atomic E-state index is -0.363. The van der Waals surface area contributed by atoms with Crippen LogP contribution in [0.25, 0.3) is 16.6 Å². The van der Waals surface area contributed by atoms with E-state index in [1.807, 2.05) is 6.07 Å². The summed E-state index contributed by atoms with van der Waals surface area (Å²) in [5.74, 6) is 0.694. The van der Waals surface area contributed by atoms with Gasteiger partial charge in [0.05, 0.1) is 42.8 Å². The van der Waals surface area contributed by atoms with E-state index in [0.717, 1.165) is 11.8 Å². The first-order valence-electron chi connectivity index (χ1n) is 10.4. The van der Waals surface area contributed by atoms with E-state index >= 15 is 0 Å². The Labute approximate surface area is 210 Å². The van der Waals surface area contributed by atoms with Crippen molar-refractivity contribution in [2.45, 2.75) is 5.16 Å². The zero-order valence-electron chi connectivity index (χ0n) is 18.9. The Bertz CT molecular complexity index is 1450. The van der Waals surface area contributed by atoms with Crippen molar-refractivity contribution < 1.29 is 14.3 Å². The lowest BCUT2D eigenvalue weighted by Crippen LogP contribution is -2.24. The SMILES string of the molecule is COc1cccc(/C=N\NC(=O)CSc2nc3ccccc3c(=O)n2-c2ccc(Cl)cc2)c1OC. The average Bonchev–Trinajstić information content (AvgIpc) is 2.88. The number of nitrogens with one attached hydrogen (secondary N) is 1. The molecule has 178 valence electrons. The number of hydrogen-bond acceptors (Lipinski definition) is 7. The lowest BCUT2D eigenvalue weighted by molar-refractivity contribution is -0.118. The van der Waals surface area contributed by atoms with E-state index in [4.69, 9.17) is 21.1 Å². The molecule has 0 atom stereocenters. The van der Waals surface area contributed by atoms with Gasteiger partial charge in [0.25, 0.3) is 11.5 Å². The topological polar surface area (TPSA) is 94.8 Å². The van der Waals surface area contributed by atoms with Gasteiger partial charge in [0, 0.05) is 10.6 Å². The molecule has 1 amide bonds. The van der Waals surface area contributed by atoms with E-state index in [9.17, 15) is 9.59 Å². The maximum absolute atomic E-state index is 13.3. The van der Waals surface area contributed by atoms with Crippen molar-refractivity contribution in [2.75, 3.05) is 20.0 Å². The van der Waals surface area contributed by atoms with E-state index in [1.54, 1.807) is 67.8 Å². The molecule has 1 N–H and O–H groups in total. The van der Waals surface area contributed by atoms with Crippen molar-refractivity contribution in [2.24, 2.45) is 5.10 Å². The first-order chi connectivity index (χ1) is 17.0. The maximum atomic E-state index is 13.3. The number of hydrogen-bond donors (Lipinski definition) is 1. The Hall–Kier alpha value is -3.82. The van der Waals surface area contributed by atoms with Gasteiger partial charge in [-0.25, -0.2) is 10.4 Å². The molecule has 0 unspecified atom stereocenters. The Kier molecular flexibility index (Phi) is 7.69. The summed E-state index contributed by atoms with van der Waals surface area (Å²) in [6.07, 6.45) is 1.47. The first-order valence-corrected chi connectivity index (χ1v) is 11.8. The van der Waals surface area contributed by atoms with Crippen LogP contribution in [0.5, 0.6) is 11.5 Å². The molecule has 0 bridgehead atoms. The minimum absolute atomic E-state index is 0.00897. The predicted molar refractivity (Wildman–Crippen MR) is 138 cm³/mol. The highest BCUT2D eigenvalue weighted by atomic mass is 35.5. The van der Waals surface area contributed by atoms with Gasteiger partial charge in [0.1, 0.15) is 0 Å². The summed E-state index contributed by atoms with van der Waals surface area (Å²) in [6.45, 7) is 0. The molecule has 0 saturated carbocycles. The van der Waals surface area contributed by atoms with Crippen molar-refractivity contribution in [1.82, 2.24) is 15.0 Å². The lowest BCUT2D eigenvalue weighted by atomic mass is 10.2. The summed E-state index contributed by atoms with van der Waals surface area (Å²) in [5.41, 5.74) is 4.05. The van der Waals surface area contributed by atoms with E-state index in [-0.39, 0.29) is 17.2 Å². The molecule has 1 aromatic heterocycles. The second kappa shape index (κ2) is 11.1. The third-order valence-corrected chi connectivity index (χ3v) is 6.18. The van der Waals surface area contributed by atoms with Gasteiger partial charge >= 0.3 is 0 Å². The number of methoxy groups -OCH3 is 2. The average molecular weight is 509 g/mol. The van der Waals surface area contributed by atoms with Crippen molar-refractivity contribution in [3.8, 4) is 17.2 Å². The molecule has 1 heterocycles. The summed E-state index contributed by atoms with van der Waals surface area (Å²) in [4.78, 5) is 30.4. The Morgan fingerprint density at radius 1 is 1.09 bits per heavy atom. The Balaban J connectivity index is 1.55. The number of halogens is 1. The zero-order chi connectivity index (χ0) is 24.8. The molecule has 0 aliphatic rings. The summed E-state index contributed by atoms with van der Waals surface area (Å²) >= 11 is 7.15. The van der Waals surface area contributed by atoms with Crippen molar-refractivity contribution in [3.05, 3.63) is 87.7 Å². The zero-order valence-corrected chi connectivity index (χ0v) is 20.5. The normalized spacial score (nSPS) is 11.1. The molecular weight excluding hydrogens is 488 g/mol. The fourth-order valence-electron chi connectivity index (χ4n) is 3.38. The third kappa shape index (κ3) is 5.47. The van der Waals surface area contributed by atoms with Crippen LogP contribution in [0, 0.1) is 0 Å². The Morgan fingerprint density at radius 2 is 1.86 bits per heavy atom. The van der Waals surface area contributed by atoms with Crippen molar-refractivity contribution >= 4 is 46.4 Å². The number of fused-ring (bicyclic) bond motifs is 1. The number of thioether (sulfide) groups is 1.